The number of aryl methyl sites for hydroxylation is 1. The molecule has 0 bridgehead atoms. The molecule has 1 atom stereocenters. The van der Waals surface area contributed by atoms with Crippen LogP contribution in [-0.2, 0) is 11.8 Å². The van der Waals surface area contributed by atoms with Crippen molar-refractivity contribution in [3.05, 3.63) is 18.0 Å². The lowest BCUT2D eigenvalue weighted by Gasteiger charge is -2.41. The zero-order valence-corrected chi connectivity index (χ0v) is 18.0. The first-order valence-corrected chi connectivity index (χ1v) is 10.5. The Labute approximate surface area is 176 Å². The summed E-state index contributed by atoms with van der Waals surface area (Å²) in [5.74, 6) is 2.15. The van der Waals surface area contributed by atoms with Crippen LogP contribution in [0.4, 0.5) is 11.6 Å². The van der Waals surface area contributed by atoms with Crippen molar-refractivity contribution in [3.8, 4) is 17.5 Å². The van der Waals surface area contributed by atoms with Gasteiger partial charge in [-0.2, -0.15) is 10.4 Å². The summed E-state index contributed by atoms with van der Waals surface area (Å²) in [6, 6.07) is 2.48. The molecule has 2 aromatic rings. The van der Waals surface area contributed by atoms with Crippen LogP contribution in [0.15, 0.2) is 12.4 Å². The topological polar surface area (TPSA) is 103 Å². The number of nitriles is 1. The fourth-order valence-corrected chi connectivity index (χ4v) is 3.87. The van der Waals surface area contributed by atoms with Gasteiger partial charge < -0.3 is 15.1 Å². The first-order chi connectivity index (χ1) is 14.4. The summed E-state index contributed by atoms with van der Waals surface area (Å²) in [5.41, 5.74) is 1.23. The number of carbonyl (C=O) groups excluding carboxylic acids is 1. The van der Waals surface area contributed by atoms with Crippen molar-refractivity contribution in [1.29, 1.82) is 5.26 Å². The fourth-order valence-electron chi connectivity index (χ4n) is 3.87. The fraction of sp³-hybridized carbons (Fsp3) is 0.571. The molecule has 30 heavy (non-hydrogen) atoms. The first-order valence-electron chi connectivity index (χ1n) is 10.5. The van der Waals surface area contributed by atoms with Crippen molar-refractivity contribution in [2.45, 2.75) is 45.7 Å². The van der Waals surface area contributed by atoms with E-state index >= 15 is 0 Å². The highest BCUT2D eigenvalue weighted by molar-refractivity contribution is 5.81. The minimum atomic E-state index is 0.0664. The molecule has 1 amide bonds. The Hall–Kier alpha value is -3.15. The smallest absolute Gasteiger partial charge is 0.226 e. The lowest BCUT2D eigenvalue weighted by molar-refractivity contribution is -0.134. The largest absolute Gasteiger partial charge is 0.367 e. The Balaban J connectivity index is 1.69. The average molecular weight is 409 g/mol. The number of rotatable bonds is 5. The van der Waals surface area contributed by atoms with E-state index in [1.165, 1.54) is 0 Å². The second-order valence-electron chi connectivity index (χ2n) is 8.51. The monoisotopic (exact) mass is 408 g/mol. The Morgan fingerprint density at radius 3 is 2.63 bits per heavy atom. The second-order valence-corrected chi connectivity index (χ2v) is 8.51. The molecule has 1 saturated heterocycles. The van der Waals surface area contributed by atoms with Crippen LogP contribution >= 0.6 is 0 Å². The first kappa shape index (κ1) is 20.1. The SMILES string of the molecule is CC(C)Nc1nc(-c2cnn(C)c2)nc(N2CCN(C(=O)C3CC3)[C@H](C)C2)c1C#N. The minimum Gasteiger partial charge on any atom is -0.367 e. The number of hydrogen-bond donors (Lipinski definition) is 1. The Kier molecular flexibility index (Phi) is 5.33. The summed E-state index contributed by atoms with van der Waals surface area (Å²) < 4.78 is 1.70. The molecule has 9 nitrogen and oxygen atoms in total. The Bertz CT molecular complexity index is 987. The van der Waals surface area contributed by atoms with Gasteiger partial charge in [-0.25, -0.2) is 9.97 Å². The molecule has 2 fully saturated rings. The van der Waals surface area contributed by atoms with Crippen molar-refractivity contribution < 1.29 is 4.79 Å². The van der Waals surface area contributed by atoms with Crippen LogP contribution in [0.1, 0.15) is 39.2 Å². The average Bonchev–Trinajstić information content (AvgIpc) is 3.47. The molecule has 2 aliphatic rings. The van der Waals surface area contributed by atoms with Gasteiger partial charge in [-0.15, -0.1) is 0 Å². The number of nitrogens with one attached hydrogen (secondary N) is 1. The summed E-state index contributed by atoms with van der Waals surface area (Å²) >= 11 is 0. The summed E-state index contributed by atoms with van der Waals surface area (Å²) in [7, 11) is 1.85. The van der Waals surface area contributed by atoms with Crippen molar-refractivity contribution in [1.82, 2.24) is 24.6 Å². The van der Waals surface area contributed by atoms with Crippen molar-refractivity contribution >= 4 is 17.5 Å². The van der Waals surface area contributed by atoms with E-state index in [1.54, 1.807) is 10.9 Å². The number of hydrogen-bond acceptors (Lipinski definition) is 7. The third-order valence-corrected chi connectivity index (χ3v) is 5.53. The van der Waals surface area contributed by atoms with Crippen LogP contribution in [-0.4, -0.2) is 62.3 Å². The molecule has 2 aromatic heterocycles. The number of nitrogens with zero attached hydrogens (tertiary/aromatic N) is 7. The van der Waals surface area contributed by atoms with Gasteiger partial charge in [0.2, 0.25) is 5.91 Å². The molecule has 0 radical (unpaired) electrons. The number of anilines is 2. The highest BCUT2D eigenvalue weighted by Crippen LogP contribution is 2.34. The molecule has 0 unspecified atom stereocenters. The molecule has 1 aliphatic carbocycles. The third-order valence-electron chi connectivity index (χ3n) is 5.53. The van der Waals surface area contributed by atoms with Gasteiger partial charge in [0.25, 0.3) is 0 Å². The van der Waals surface area contributed by atoms with Gasteiger partial charge in [-0.1, -0.05) is 0 Å². The molecular formula is C21H28N8O. The van der Waals surface area contributed by atoms with Gasteiger partial charge in [0.1, 0.15) is 11.6 Å². The van der Waals surface area contributed by atoms with Gasteiger partial charge in [0.15, 0.2) is 17.5 Å². The maximum absolute atomic E-state index is 12.6. The van der Waals surface area contributed by atoms with Crippen LogP contribution in [0, 0.1) is 17.2 Å². The molecule has 0 spiro atoms. The van der Waals surface area contributed by atoms with Crippen LogP contribution in [0.25, 0.3) is 11.4 Å². The maximum atomic E-state index is 12.6. The molecule has 1 aliphatic heterocycles. The number of piperazine rings is 1. The quantitative estimate of drug-likeness (QED) is 0.807. The number of aromatic nitrogens is 4. The van der Waals surface area contributed by atoms with E-state index in [9.17, 15) is 10.1 Å². The minimum absolute atomic E-state index is 0.0664. The molecule has 3 heterocycles. The molecule has 1 N–H and O–H groups in total. The van der Waals surface area contributed by atoms with Crippen LogP contribution < -0.4 is 10.2 Å². The van der Waals surface area contributed by atoms with Crippen LogP contribution in [0.5, 0.6) is 0 Å². The number of carbonyl (C=O) groups is 1. The van der Waals surface area contributed by atoms with Crippen LogP contribution in [0.3, 0.4) is 0 Å². The third kappa shape index (κ3) is 3.95. The predicted molar refractivity (Wildman–Crippen MR) is 114 cm³/mol. The standard InChI is InChI=1S/C21H28N8O/c1-13(2)24-19-17(9-22)20(26-18(25-19)16-10-23-27(4)12-16)28-7-8-29(14(3)11-28)21(30)15-5-6-15/h10,12-15H,5-8,11H2,1-4H3,(H,24,25,26)/t14-/m1/s1. The Morgan fingerprint density at radius 2 is 2.07 bits per heavy atom. The van der Waals surface area contributed by atoms with Crippen molar-refractivity contribution in [3.63, 3.8) is 0 Å². The van der Waals surface area contributed by atoms with Crippen LogP contribution in [0.2, 0.25) is 0 Å². The summed E-state index contributed by atoms with van der Waals surface area (Å²) in [6.07, 6.45) is 5.60. The van der Waals surface area contributed by atoms with E-state index in [0.29, 0.717) is 42.7 Å². The van der Waals surface area contributed by atoms with Gasteiger partial charge >= 0.3 is 0 Å². The maximum Gasteiger partial charge on any atom is 0.226 e. The Morgan fingerprint density at radius 1 is 1.30 bits per heavy atom. The molecule has 0 aromatic carbocycles. The zero-order chi connectivity index (χ0) is 21.4. The van der Waals surface area contributed by atoms with E-state index in [1.807, 2.05) is 32.0 Å². The van der Waals surface area contributed by atoms with E-state index in [4.69, 9.17) is 4.98 Å². The second kappa shape index (κ2) is 7.94. The highest BCUT2D eigenvalue weighted by Gasteiger charge is 2.38. The highest BCUT2D eigenvalue weighted by atomic mass is 16.2. The summed E-state index contributed by atoms with van der Waals surface area (Å²) in [5, 5.41) is 17.4. The summed E-state index contributed by atoms with van der Waals surface area (Å²) in [4.78, 5) is 26.0. The zero-order valence-electron chi connectivity index (χ0n) is 18.0. The van der Waals surface area contributed by atoms with Gasteiger partial charge in [-0.3, -0.25) is 9.48 Å². The van der Waals surface area contributed by atoms with E-state index in [2.05, 4.69) is 33.3 Å². The molecule has 158 valence electrons. The van der Waals surface area contributed by atoms with E-state index in [-0.39, 0.29) is 23.9 Å². The lowest BCUT2D eigenvalue weighted by Crippen LogP contribution is -2.55. The van der Waals surface area contributed by atoms with E-state index in [0.717, 1.165) is 18.4 Å². The normalized spacial score (nSPS) is 19.1. The number of amides is 1. The molecule has 4 rings (SSSR count). The van der Waals surface area contributed by atoms with Crippen molar-refractivity contribution in [2.75, 3.05) is 29.9 Å². The molecule has 1 saturated carbocycles. The van der Waals surface area contributed by atoms with E-state index < -0.39 is 0 Å². The van der Waals surface area contributed by atoms with Gasteiger partial charge in [0.05, 0.1) is 11.8 Å². The molecule has 9 heteroatoms. The summed E-state index contributed by atoms with van der Waals surface area (Å²) in [6.45, 7) is 8.00. The molecular weight excluding hydrogens is 380 g/mol. The van der Waals surface area contributed by atoms with Crippen molar-refractivity contribution in [2.24, 2.45) is 13.0 Å². The van der Waals surface area contributed by atoms with Gasteiger partial charge in [0, 0.05) is 50.9 Å². The predicted octanol–water partition coefficient (Wildman–Crippen LogP) is 2.02. The lowest BCUT2D eigenvalue weighted by atomic mass is 10.1. The van der Waals surface area contributed by atoms with Gasteiger partial charge in [-0.05, 0) is 33.6 Å².